The summed E-state index contributed by atoms with van der Waals surface area (Å²) in [6, 6.07) is 58.0. The molecule has 53 heavy (non-hydrogen) atoms. The Morgan fingerprint density at radius 2 is 1.11 bits per heavy atom. The molecule has 4 nitrogen and oxygen atoms in total. The van der Waals surface area contributed by atoms with Crippen LogP contribution in [0.2, 0.25) is 0 Å². The van der Waals surface area contributed by atoms with Crippen molar-refractivity contribution in [1.82, 2.24) is 14.5 Å². The second-order valence-corrected chi connectivity index (χ2v) is 14.6. The van der Waals surface area contributed by atoms with Crippen LogP contribution in [0.4, 0.5) is 0 Å². The summed E-state index contributed by atoms with van der Waals surface area (Å²) in [5, 5.41) is 4.49. The molecular formula is C49H33N3O. The highest BCUT2D eigenvalue weighted by Crippen LogP contribution is 2.52. The molecule has 0 saturated carbocycles. The number of hydrogen-bond donors (Lipinski definition) is 0. The third kappa shape index (κ3) is 4.36. The van der Waals surface area contributed by atoms with Crippen LogP contribution in [0.15, 0.2) is 168 Å². The van der Waals surface area contributed by atoms with Gasteiger partial charge in [0.05, 0.1) is 27.8 Å². The van der Waals surface area contributed by atoms with Gasteiger partial charge in [0.2, 0.25) is 5.71 Å². The maximum absolute atomic E-state index is 6.79. The van der Waals surface area contributed by atoms with E-state index >= 15 is 0 Å². The molecule has 0 saturated heterocycles. The number of nitrogens with zero attached hydrogens (tertiary/aromatic N) is 3. The summed E-state index contributed by atoms with van der Waals surface area (Å²) in [6.07, 6.45) is 0. The van der Waals surface area contributed by atoms with E-state index < -0.39 is 0 Å². The van der Waals surface area contributed by atoms with E-state index in [1.165, 1.54) is 22.0 Å². The van der Waals surface area contributed by atoms with Gasteiger partial charge in [-0.05, 0) is 63.7 Å². The van der Waals surface area contributed by atoms with Crippen LogP contribution in [-0.4, -0.2) is 14.5 Å². The molecule has 0 spiro atoms. The number of aromatic nitrogens is 3. The Labute approximate surface area is 306 Å². The molecule has 4 heteroatoms. The minimum absolute atomic E-state index is 0.271. The summed E-state index contributed by atoms with van der Waals surface area (Å²) < 4.78 is 9.16. The molecule has 3 aromatic heterocycles. The van der Waals surface area contributed by atoms with Gasteiger partial charge in [0.1, 0.15) is 5.58 Å². The van der Waals surface area contributed by atoms with Crippen molar-refractivity contribution in [1.29, 1.82) is 0 Å². The maximum Gasteiger partial charge on any atom is 0.213 e. The topological polar surface area (TPSA) is 43.9 Å². The van der Waals surface area contributed by atoms with Gasteiger partial charge in [0.25, 0.3) is 0 Å². The molecule has 0 radical (unpaired) electrons. The average molecular weight is 680 g/mol. The van der Waals surface area contributed by atoms with E-state index in [1.807, 2.05) is 6.07 Å². The fourth-order valence-electron chi connectivity index (χ4n) is 8.64. The Balaban J connectivity index is 1.22. The van der Waals surface area contributed by atoms with E-state index in [4.69, 9.17) is 14.4 Å². The molecule has 250 valence electrons. The fourth-order valence-corrected chi connectivity index (χ4v) is 8.64. The summed E-state index contributed by atoms with van der Waals surface area (Å²) in [5.74, 6) is 0.688. The number of benzene rings is 7. The Kier molecular flexibility index (Phi) is 6.27. The van der Waals surface area contributed by atoms with Gasteiger partial charge >= 0.3 is 0 Å². The van der Waals surface area contributed by atoms with Crippen LogP contribution in [0.3, 0.4) is 0 Å². The van der Waals surface area contributed by atoms with Crippen molar-refractivity contribution in [3.8, 4) is 50.6 Å². The second-order valence-electron chi connectivity index (χ2n) is 14.6. The van der Waals surface area contributed by atoms with Crippen LogP contribution < -0.4 is 0 Å². The summed E-state index contributed by atoms with van der Waals surface area (Å²) in [6.45, 7) is 4.68. The van der Waals surface area contributed by atoms with Gasteiger partial charge in [0.15, 0.2) is 5.82 Å². The van der Waals surface area contributed by atoms with Crippen LogP contribution in [0, 0.1) is 0 Å². The van der Waals surface area contributed by atoms with Gasteiger partial charge in [0, 0.05) is 32.7 Å². The molecule has 0 aliphatic carbocycles. The molecule has 0 bridgehead atoms. The molecule has 0 fully saturated rings. The van der Waals surface area contributed by atoms with Crippen molar-refractivity contribution < 1.29 is 4.42 Å². The number of rotatable bonds is 4. The predicted octanol–water partition coefficient (Wildman–Crippen LogP) is 12.8. The smallest absolute Gasteiger partial charge is 0.213 e. The summed E-state index contributed by atoms with van der Waals surface area (Å²) in [7, 11) is 0. The van der Waals surface area contributed by atoms with Crippen LogP contribution in [0.1, 0.15) is 25.0 Å². The first-order valence-electron chi connectivity index (χ1n) is 18.2. The number of fused-ring (bicyclic) bond motifs is 8. The van der Waals surface area contributed by atoms with Crippen LogP contribution in [0.25, 0.3) is 94.5 Å². The van der Waals surface area contributed by atoms with Gasteiger partial charge in [-0.1, -0.05) is 147 Å². The largest absolute Gasteiger partial charge is 0.439 e. The quantitative estimate of drug-likeness (QED) is 0.186. The van der Waals surface area contributed by atoms with Crippen molar-refractivity contribution in [3.63, 3.8) is 0 Å². The van der Waals surface area contributed by atoms with Gasteiger partial charge in [-0.2, -0.15) is 0 Å². The van der Waals surface area contributed by atoms with E-state index in [1.54, 1.807) is 0 Å². The lowest BCUT2D eigenvalue weighted by Crippen LogP contribution is -2.26. The standard InChI is InChI=1S/C49H33N3O/c1-49(2)39-23-13-21-37-43-36-20-10-12-26-42(36)53-48(43)52(45(37)39)46-38(22-14-24-40(46)49)44-35-19-9-11-25-41(35)50-47(51-44)34-28-32(30-15-5-3-6-16-30)27-33(29-34)31-17-7-4-8-18-31/h3-29H,1-2H3. The van der Waals surface area contributed by atoms with Crippen molar-refractivity contribution in [3.05, 3.63) is 175 Å². The molecule has 0 amide bonds. The van der Waals surface area contributed by atoms with Crippen LogP contribution >= 0.6 is 0 Å². The molecule has 11 rings (SSSR count). The highest BCUT2D eigenvalue weighted by atomic mass is 16.3. The summed E-state index contributed by atoms with van der Waals surface area (Å²) in [4.78, 5) is 10.8. The maximum atomic E-state index is 6.79. The van der Waals surface area contributed by atoms with E-state index in [2.05, 4.69) is 176 Å². The molecule has 1 aliphatic heterocycles. The first-order valence-corrected chi connectivity index (χ1v) is 18.2. The monoisotopic (exact) mass is 679 g/mol. The molecule has 0 N–H and O–H groups in total. The molecule has 1 aliphatic rings. The zero-order valence-corrected chi connectivity index (χ0v) is 29.3. The lowest BCUT2D eigenvalue weighted by molar-refractivity contribution is 0.612. The SMILES string of the molecule is CC1(C)c2cccc(-c3nc(-c4cc(-c5ccccc5)cc(-c5ccccc5)c4)nc4ccccc34)c2-n2c3oc4ccccc4c3c3cccc1c32. The fraction of sp³-hybridized carbons (Fsp3) is 0.0612. The van der Waals surface area contributed by atoms with Gasteiger partial charge in [-0.15, -0.1) is 0 Å². The van der Waals surface area contributed by atoms with E-state index in [-0.39, 0.29) is 5.41 Å². The lowest BCUT2D eigenvalue weighted by Gasteiger charge is -2.35. The second kappa shape index (κ2) is 11.1. The van der Waals surface area contributed by atoms with E-state index in [0.29, 0.717) is 5.82 Å². The van der Waals surface area contributed by atoms with E-state index in [9.17, 15) is 0 Å². The van der Waals surface area contributed by atoms with Gasteiger partial charge in [-0.3, -0.25) is 4.57 Å². The first-order chi connectivity index (χ1) is 26.0. The van der Waals surface area contributed by atoms with Crippen molar-refractivity contribution in [2.45, 2.75) is 19.3 Å². The Bertz CT molecular complexity index is 3020. The van der Waals surface area contributed by atoms with Crippen molar-refractivity contribution in [2.24, 2.45) is 0 Å². The van der Waals surface area contributed by atoms with Crippen LogP contribution in [0.5, 0.6) is 0 Å². The zero-order chi connectivity index (χ0) is 35.3. The highest BCUT2D eigenvalue weighted by molar-refractivity contribution is 6.21. The third-order valence-corrected chi connectivity index (χ3v) is 11.2. The predicted molar refractivity (Wildman–Crippen MR) is 218 cm³/mol. The van der Waals surface area contributed by atoms with Crippen molar-refractivity contribution in [2.75, 3.05) is 0 Å². The number of para-hydroxylation sites is 4. The van der Waals surface area contributed by atoms with Gasteiger partial charge < -0.3 is 4.42 Å². The highest BCUT2D eigenvalue weighted by Gasteiger charge is 2.38. The molecular weight excluding hydrogens is 647 g/mol. The molecule has 4 heterocycles. The Morgan fingerprint density at radius 1 is 0.509 bits per heavy atom. The molecule has 10 aromatic rings. The van der Waals surface area contributed by atoms with Crippen LogP contribution in [-0.2, 0) is 5.41 Å². The number of hydrogen-bond acceptors (Lipinski definition) is 3. The number of furan rings is 1. The lowest BCUT2D eigenvalue weighted by atomic mass is 9.73. The van der Waals surface area contributed by atoms with E-state index in [0.717, 1.165) is 77.7 Å². The summed E-state index contributed by atoms with van der Waals surface area (Å²) in [5.41, 5.74) is 14.7. The molecule has 0 unspecified atom stereocenters. The Morgan fingerprint density at radius 3 is 1.87 bits per heavy atom. The molecule has 0 atom stereocenters. The molecule has 7 aromatic carbocycles. The van der Waals surface area contributed by atoms with Gasteiger partial charge in [-0.25, -0.2) is 9.97 Å². The minimum Gasteiger partial charge on any atom is -0.439 e. The Hall–Kier alpha value is -6.78. The van der Waals surface area contributed by atoms with Crippen molar-refractivity contribution >= 4 is 43.9 Å². The first kappa shape index (κ1) is 29.9. The zero-order valence-electron chi connectivity index (χ0n) is 29.3. The minimum atomic E-state index is -0.271. The third-order valence-electron chi connectivity index (χ3n) is 11.2. The average Bonchev–Trinajstić information content (AvgIpc) is 3.75. The normalized spacial score (nSPS) is 13.2. The summed E-state index contributed by atoms with van der Waals surface area (Å²) >= 11 is 0.